The van der Waals surface area contributed by atoms with Gasteiger partial charge in [0.25, 0.3) is 0 Å². The summed E-state index contributed by atoms with van der Waals surface area (Å²) in [6, 6.07) is 0.475. The lowest BCUT2D eigenvalue weighted by atomic mass is 10.1. The quantitative estimate of drug-likeness (QED) is 0.740. The standard InChI is InChI=1S/C11H22N2O/c1-9(2)4-6-13-7-5-10(3)12-8-11(13)14/h9-10,12H,4-8H2,1-3H3. The van der Waals surface area contributed by atoms with Crippen molar-refractivity contribution >= 4 is 5.91 Å². The first-order chi connectivity index (χ1) is 6.59. The van der Waals surface area contributed by atoms with Gasteiger partial charge in [-0.15, -0.1) is 0 Å². The van der Waals surface area contributed by atoms with E-state index in [1.165, 1.54) is 0 Å². The monoisotopic (exact) mass is 198 g/mol. The molecule has 3 heteroatoms. The maximum Gasteiger partial charge on any atom is 0.236 e. The van der Waals surface area contributed by atoms with Crippen LogP contribution >= 0.6 is 0 Å². The first-order valence-corrected chi connectivity index (χ1v) is 5.60. The fraction of sp³-hybridized carbons (Fsp3) is 0.909. The first-order valence-electron chi connectivity index (χ1n) is 5.60. The van der Waals surface area contributed by atoms with E-state index in [2.05, 4.69) is 26.1 Å². The van der Waals surface area contributed by atoms with Gasteiger partial charge in [-0.1, -0.05) is 13.8 Å². The Morgan fingerprint density at radius 2 is 2.29 bits per heavy atom. The third kappa shape index (κ3) is 3.66. The molecule has 1 aliphatic rings. The Balaban J connectivity index is 2.38. The molecule has 1 N–H and O–H groups in total. The maximum absolute atomic E-state index is 11.6. The molecule has 0 aromatic heterocycles. The van der Waals surface area contributed by atoms with Crippen molar-refractivity contribution in [2.75, 3.05) is 19.6 Å². The van der Waals surface area contributed by atoms with E-state index in [-0.39, 0.29) is 5.91 Å². The zero-order valence-electron chi connectivity index (χ0n) is 9.55. The van der Waals surface area contributed by atoms with Gasteiger partial charge in [-0.05, 0) is 25.7 Å². The Morgan fingerprint density at radius 1 is 1.57 bits per heavy atom. The number of hydrogen-bond donors (Lipinski definition) is 1. The molecular weight excluding hydrogens is 176 g/mol. The van der Waals surface area contributed by atoms with Crippen LogP contribution in [0.2, 0.25) is 0 Å². The Kier molecular flexibility index (Phi) is 4.39. The second-order valence-corrected chi connectivity index (χ2v) is 4.63. The number of nitrogens with zero attached hydrogens (tertiary/aromatic N) is 1. The zero-order chi connectivity index (χ0) is 10.6. The van der Waals surface area contributed by atoms with E-state index < -0.39 is 0 Å². The number of rotatable bonds is 3. The van der Waals surface area contributed by atoms with E-state index in [0.717, 1.165) is 25.9 Å². The van der Waals surface area contributed by atoms with Crippen LogP contribution in [0.1, 0.15) is 33.6 Å². The Labute approximate surface area is 86.9 Å². The van der Waals surface area contributed by atoms with Gasteiger partial charge in [0.15, 0.2) is 0 Å². The minimum atomic E-state index is 0.259. The summed E-state index contributed by atoms with van der Waals surface area (Å²) in [5, 5.41) is 3.22. The third-order valence-corrected chi connectivity index (χ3v) is 2.76. The predicted molar refractivity (Wildman–Crippen MR) is 58.1 cm³/mol. The predicted octanol–water partition coefficient (Wildman–Crippen LogP) is 1.24. The lowest BCUT2D eigenvalue weighted by molar-refractivity contribution is -0.129. The van der Waals surface area contributed by atoms with Crippen molar-refractivity contribution in [2.24, 2.45) is 5.92 Å². The summed E-state index contributed by atoms with van der Waals surface area (Å²) >= 11 is 0. The lowest BCUT2D eigenvalue weighted by Crippen LogP contribution is -2.36. The molecule has 0 saturated carbocycles. The molecule has 1 unspecified atom stereocenters. The van der Waals surface area contributed by atoms with Gasteiger partial charge >= 0.3 is 0 Å². The van der Waals surface area contributed by atoms with Crippen molar-refractivity contribution in [1.82, 2.24) is 10.2 Å². The van der Waals surface area contributed by atoms with Crippen LogP contribution in [0.4, 0.5) is 0 Å². The van der Waals surface area contributed by atoms with E-state index in [1.807, 2.05) is 4.90 Å². The molecule has 0 spiro atoms. The number of carbonyl (C=O) groups excluding carboxylic acids is 1. The van der Waals surface area contributed by atoms with Crippen molar-refractivity contribution in [2.45, 2.75) is 39.7 Å². The average Bonchev–Trinajstić information content (AvgIpc) is 2.27. The van der Waals surface area contributed by atoms with Gasteiger partial charge in [-0.25, -0.2) is 0 Å². The second-order valence-electron chi connectivity index (χ2n) is 4.63. The summed E-state index contributed by atoms with van der Waals surface area (Å²) in [7, 11) is 0. The van der Waals surface area contributed by atoms with Gasteiger partial charge in [-0.3, -0.25) is 4.79 Å². The SMILES string of the molecule is CC(C)CCN1CCC(C)NCC1=O. The van der Waals surface area contributed by atoms with Gasteiger partial charge in [0.2, 0.25) is 5.91 Å². The van der Waals surface area contributed by atoms with Gasteiger partial charge in [0, 0.05) is 19.1 Å². The van der Waals surface area contributed by atoms with Crippen molar-refractivity contribution in [1.29, 1.82) is 0 Å². The van der Waals surface area contributed by atoms with Crippen molar-refractivity contribution < 1.29 is 4.79 Å². The summed E-state index contributed by atoms with van der Waals surface area (Å²) in [5.74, 6) is 0.937. The Morgan fingerprint density at radius 3 is 2.93 bits per heavy atom. The average molecular weight is 198 g/mol. The zero-order valence-corrected chi connectivity index (χ0v) is 9.55. The highest BCUT2D eigenvalue weighted by Crippen LogP contribution is 2.06. The normalized spacial score (nSPS) is 24.1. The number of nitrogens with one attached hydrogen (secondary N) is 1. The highest BCUT2D eigenvalue weighted by molar-refractivity contribution is 5.78. The molecular formula is C11H22N2O. The summed E-state index contributed by atoms with van der Waals surface area (Å²) in [6.45, 7) is 8.88. The molecule has 1 rings (SSSR count). The summed E-state index contributed by atoms with van der Waals surface area (Å²) in [5.41, 5.74) is 0. The van der Waals surface area contributed by atoms with Gasteiger partial charge in [-0.2, -0.15) is 0 Å². The molecule has 1 atom stereocenters. The fourth-order valence-electron chi connectivity index (χ4n) is 1.60. The molecule has 1 aliphatic heterocycles. The van der Waals surface area contributed by atoms with Crippen LogP contribution in [0.5, 0.6) is 0 Å². The molecule has 0 radical (unpaired) electrons. The molecule has 82 valence electrons. The second kappa shape index (κ2) is 5.35. The lowest BCUT2D eigenvalue weighted by Gasteiger charge is -2.21. The van der Waals surface area contributed by atoms with E-state index in [4.69, 9.17) is 0 Å². The minimum Gasteiger partial charge on any atom is -0.342 e. The van der Waals surface area contributed by atoms with Gasteiger partial charge < -0.3 is 10.2 Å². The van der Waals surface area contributed by atoms with E-state index in [1.54, 1.807) is 0 Å². The van der Waals surface area contributed by atoms with Gasteiger partial charge in [0.1, 0.15) is 0 Å². The third-order valence-electron chi connectivity index (χ3n) is 2.76. The van der Waals surface area contributed by atoms with Crippen LogP contribution in [0.25, 0.3) is 0 Å². The summed E-state index contributed by atoms with van der Waals surface area (Å²) in [6.07, 6.45) is 2.18. The molecule has 0 aromatic rings. The van der Waals surface area contributed by atoms with Crippen molar-refractivity contribution in [3.05, 3.63) is 0 Å². The topological polar surface area (TPSA) is 32.3 Å². The number of carbonyl (C=O) groups is 1. The highest BCUT2D eigenvalue weighted by Gasteiger charge is 2.18. The van der Waals surface area contributed by atoms with Crippen molar-refractivity contribution in [3.8, 4) is 0 Å². The summed E-state index contributed by atoms with van der Waals surface area (Å²) in [4.78, 5) is 13.6. The van der Waals surface area contributed by atoms with Crippen LogP contribution in [-0.2, 0) is 4.79 Å². The van der Waals surface area contributed by atoms with E-state index in [0.29, 0.717) is 18.5 Å². The van der Waals surface area contributed by atoms with Crippen LogP contribution in [0.3, 0.4) is 0 Å². The van der Waals surface area contributed by atoms with Crippen LogP contribution in [0, 0.1) is 5.92 Å². The molecule has 0 aliphatic carbocycles. The highest BCUT2D eigenvalue weighted by atomic mass is 16.2. The minimum absolute atomic E-state index is 0.259. The number of amides is 1. The first kappa shape index (κ1) is 11.5. The molecule has 1 fully saturated rings. The molecule has 0 aromatic carbocycles. The van der Waals surface area contributed by atoms with Crippen molar-refractivity contribution in [3.63, 3.8) is 0 Å². The van der Waals surface area contributed by atoms with E-state index >= 15 is 0 Å². The van der Waals surface area contributed by atoms with Crippen LogP contribution in [0.15, 0.2) is 0 Å². The molecule has 1 saturated heterocycles. The smallest absolute Gasteiger partial charge is 0.236 e. The summed E-state index contributed by atoms with van der Waals surface area (Å²) < 4.78 is 0. The fourth-order valence-corrected chi connectivity index (χ4v) is 1.60. The number of hydrogen-bond acceptors (Lipinski definition) is 2. The van der Waals surface area contributed by atoms with Gasteiger partial charge in [0.05, 0.1) is 6.54 Å². The maximum atomic E-state index is 11.6. The largest absolute Gasteiger partial charge is 0.342 e. The molecule has 3 nitrogen and oxygen atoms in total. The Bertz CT molecular complexity index is 192. The Hall–Kier alpha value is -0.570. The molecule has 1 heterocycles. The van der Waals surface area contributed by atoms with Crippen LogP contribution in [-0.4, -0.2) is 36.5 Å². The van der Waals surface area contributed by atoms with Crippen LogP contribution < -0.4 is 5.32 Å². The van der Waals surface area contributed by atoms with E-state index in [9.17, 15) is 4.79 Å². The molecule has 14 heavy (non-hydrogen) atoms. The molecule has 1 amide bonds. The molecule has 0 bridgehead atoms.